The number of hydrogen-bond acceptors (Lipinski definition) is 4. The topological polar surface area (TPSA) is 42.5 Å². The Labute approximate surface area is 89.2 Å². The normalized spacial score (nSPS) is 11.1. The molecule has 0 amide bonds. The smallest absolute Gasteiger partial charge is 0.335 e. The molecule has 0 aliphatic rings. The number of methoxy groups -OCH3 is 1. The maximum Gasteiger partial charge on any atom is 0.335 e. The van der Waals surface area contributed by atoms with Crippen molar-refractivity contribution < 1.29 is 9.16 Å². The molecule has 0 fully saturated rings. The number of hydrogen-bond donors (Lipinski definition) is 2. The minimum Gasteiger partial charge on any atom is -0.392 e. The van der Waals surface area contributed by atoms with E-state index < -0.39 is 9.36 Å². The summed E-state index contributed by atoms with van der Waals surface area (Å²) in [6, 6.07) is 0. The molecule has 0 aliphatic carbocycles. The van der Waals surface area contributed by atoms with Crippen LogP contribution >= 0.6 is 0 Å². The van der Waals surface area contributed by atoms with Crippen molar-refractivity contribution in [2.45, 2.75) is 26.7 Å². The van der Waals surface area contributed by atoms with Gasteiger partial charge in [0.05, 0.1) is 13.2 Å². The molecule has 4 nitrogen and oxygen atoms in total. The second-order valence-corrected chi connectivity index (χ2v) is 5.06. The molecule has 0 heterocycles. The fraction of sp³-hybridized carbons (Fsp3) is 1.00. The van der Waals surface area contributed by atoms with Gasteiger partial charge in [0.15, 0.2) is 0 Å². The Hall–Kier alpha value is 0.0569. The molecule has 0 atom stereocenters. The van der Waals surface area contributed by atoms with E-state index in [-0.39, 0.29) is 0 Å². The van der Waals surface area contributed by atoms with Gasteiger partial charge in [0, 0.05) is 7.11 Å². The Kier molecular flexibility index (Phi) is 11.2. The summed E-state index contributed by atoms with van der Waals surface area (Å²) in [6.07, 6.45) is 2.29. The summed E-state index contributed by atoms with van der Waals surface area (Å²) in [6.45, 7) is 7.73. The number of rotatable bonds is 10. The van der Waals surface area contributed by atoms with Crippen LogP contribution in [0.3, 0.4) is 0 Å². The Morgan fingerprint density at radius 1 is 1.00 bits per heavy atom. The van der Waals surface area contributed by atoms with E-state index in [9.17, 15) is 0 Å². The Bertz CT molecular complexity index is 109. The lowest BCUT2D eigenvalue weighted by atomic mass is 10.5. The van der Waals surface area contributed by atoms with Crippen LogP contribution in [0.15, 0.2) is 0 Å². The number of nitrogens with one attached hydrogen (secondary N) is 2. The second kappa shape index (κ2) is 11.1. The molecular formula is C9H24N2O2Si. The van der Waals surface area contributed by atoms with Crippen molar-refractivity contribution >= 4 is 9.36 Å². The van der Waals surface area contributed by atoms with Crippen LogP contribution in [0.25, 0.3) is 0 Å². The molecule has 0 aromatic carbocycles. The predicted octanol–water partition coefficient (Wildman–Crippen LogP) is 0.366. The average Bonchev–Trinajstić information content (AvgIpc) is 2.21. The molecule has 14 heavy (non-hydrogen) atoms. The van der Waals surface area contributed by atoms with Crippen molar-refractivity contribution in [2.24, 2.45) is 0 Å². The first-order chi connectivity index (χ1) is 6.85. The van der Waals surface area contributed by atoms with Crippen LogP contribution in [0.2, 0.25) is 0 Å². The molecular weight excluding hydrogens is 196 g/mol. The fourth-order valence-electron chi connectivity index (χ4n) is 0.990. The van der Waals surface area contributed by atoms with Gasteiger partial charge in [0.25, 0.3) is 0 Å². The van der Waals surface area contributed by atoms with Gasteiger partial charge >= 0.3 is 9.36 Å². The van der Waals surface area contributed by atoms with E-state index >= 15 is 0 Å². The van der Waals surface area contributed by atoms with E-state index in [0.717, 1.165) is 25.9 Å². The van der Waals surface area contributed by atoms with Crippen molar-refractivity contribution in [1.82, 2.24) is 9.96 Å². The first-order valence-corrected chi connectivity index (χ1v) is 7.05. The van der Waals surface area contributed by atoms with Crippen LogP contribution in [0.5, 0.6) is 0 Å². The summed E-state index contributed by atoms with van der Waals surface area (Å²) in [5.41, 5.74) is 0. The zero-order valence-electron chi connectivity index (χ0n) is 9.64. The van der Waals surface area contributed by atoms with Crippen LogP contribution in [-0.2, 0) is 9.16 Å². The Balaban J connectivity index is 3.49. The van der Waals surface area contributed by atoms with E-state index in [0.29, 0.717) is 13.2 Å². The second-order valence-electron chi connectivity index (χ2n) is 3.15. The van der Waals surface area contributed by atoms with Gasteiger partial charge < -0.3 is 19.1 Å². The summed E-state index contributed by atoms with van der Waals surface area (Å²) in [5.74, 6) is 0. The third-order valence-corrected chi connectivity index (χ3v) is 3.62. The van der Waals surface area contributed by atoms with Crippen molar-refractivity contribution in [3.63, 3.8) is 0 Å². The zero-order chi connectivity index (χ0) is 10.6. The summed E-state index contributed by atoms with van der Waals surface area (Å²) >= 11 is 0. The highest BCUT2D eigenvalue weighted by atomic mass is 28.3. The third kappa shape index (κ3) is 8.65. The molecule has 2 N–H and O–H groups in total. The molecule has 0 aromatic rings. The van der Waals surface area contributed by atoms with Crippen LogP contribution < -0.4 is 9.96 Å². The predicted molar refractivity (Wildman–Crippen MR) is 61.6 cm³/mol. The van der Waals surface area contributed by atoms with Gasteiger partial charge in [-0.3, -0.25) is 0 Å². The highest BCUT2D eigenvalue weighted by Crippen LogP contribution is 1.82. The van der Waals surface area contributed by atoms with Crippen molar-refractivity contribution in [3.05, 3.63) is 0 Å². The molecule has 0 radical (unpaired) electrons. The third-order valence-electron chi connectivity index (χ3n) is 1.73. The van der Waals surface area contributed by atoms with Crippen LogP contribution in [0.1, 0.15) is 26.7 Å². The molecule has 5 heteroatoms. The lowest BCUT2D eigenvalue weighted by Crippen LogP contribution is -2.50. The van der Waals surface area contributed by atoms with Crippen LogP contribution in [0, 0.1) is 0 Å². The van der Waals surface area contributed by atoms with Crippen molar-refractivity contribution in [3.8, 4) is 0 Å². The van der Waals surface area contributed by atoms with E-state index in [4.69, 9.17) is 9.16 Å². The summed E-state index contributed by atoms with van der Waals surface area (Å²) in [4.78, 5) is 6.83. The van der Waals surface area contributed by atoms with Crippen molar-refractivity contribution in [1.29, 1.82) is 0 Å². The van der Waals surface area contributed by atoms with Gasteiger partial charge in [0.2, 0.25) is 0 Å². The zero-order valence-corrected chi connectivity index (χ0v) is 10.8. The highest BCUT2D eigenvalue weighted by molar-refractivity contribution is 6.45. The summed E-state index contributed by atoms with van der Waals surface area (Å²) in [5, 5.41) is 0. The first-order valence-electron chi connectivity index (χ1n) is 5.42. The van der Waals surface area contributed by atoms with Gasteiger partial charge in [0.1, 0.15) is 0 Å². The molecule has 0 unspecified atom stereocenters. The lowest BCUT2D eigenvalue weighted by Gasteiger charge is -2.17. The largest absolute Gasteiger partial charge is 0.392 e. The van der Waals surface area contributed by atoms with Crippen LogP contribution in [0.4, 0.5) is 0 Å². The molecule has 0 spiro atoms. The lowest BCUT2D eigenvalue weighted by molar-refractivity contribution is 0.142. The van der Waals surface area contributed by atoms with Gasteiger partial charge in [-0.1, -0.05) is 13.8 Å². The summed E-state index contributed by atoms with van der Waals surface area (Å²) in [7, 11) is 0.313. The molecule has 0 saturated carbocycles. The SMILES string of the molecule is CCCN[SiH](NCCC)OCCOC. The minimum absolute atomic E-state index is 0.672. The molecule has 0 saturated heterocycles. The monoisotopic (exact) mass is 220 g/mol. The van der Waals surface area contributed by atoms with Gasteiger partial charge in [-0.05, 0) is 25.9 Å². The van der Waals surface area contributed by atoms with E-state index in [1.807, 2.05) is 0 Å². The van der Waals surface area contributed by atoms with E-state index in [1.165, 1.54) is 0 Å². The molecule has 0 aliphatic heterocycles. The highest BCUT2D eigenvalue weighted by Gasteiger charge is 2.09. The van der Waals surface area contributed by atoms with E-state index in [2.05, 4.69) is 23.8 Å². The average molecular weight is 220 g/mol. The van der Waals surface area contributed by atoms with Crippen molar-refractivity contribution in [2.75, 3.05) is 33.4 Å². The Morgan fingerprint density at radius 3 is 2.00 bits per heavy atom. The van der Waals surface area contributed by atoms with Gasteiger partial charge in [-0.2, -0.15) is 0 Å². The maximum absolute atomic E-state index is 5.68. The minimum atomic E-state index is -1.38. The van der Waals surface area contributed by atoms with Gasteiger partial charge in [-0.15, -0.1) is 0 Å². The number of ether oxygens (including phenoxy) is 1. The fourth-order valence-corrected chi connectivity index (χ4v) is 2.80. The Morgan fingerprint density at radius 2 is 1.57 bits per heavy atom. The van der Waals surface area contributed by atoms with E-state index in [1.54, 1.807) is 7.11 Å². The van der Waals surface area contributed by atoms with Crippen LogP contribution in [-0.4, -0.2) is 42.8 Å². The summed E-state index contributed by atoms with van der Waals surface area (Å²) < 4.78 is 10.6. The molecule has 0 aromatic heterocycles. The molecule has 0 rings (SSSR count). The first kappa shape index (κ1) is 14.1. The standard InChI is InChI=1S/C9H24N2O2Si/c1-4-6-10-14(11-7-5-2)13-9-8-12-3/h10-11,14H,4-9H2,1-3H3. The molecule has 0 bridgehead atoms. The quantitative estimate of drug-likeness (QED) is 0.412. The molecule has 86 valence electrons. The maximum atomic E-state index is 5.68. The van der Waals surface area contributed by atoms with Gasteiger partial charge in [-0.25, -0.2) is 0 Å².